The normalized spacial score (nSPS) is 15.7. The van der Waals surface area contributed by atoms with E-state index in [4.69, 9.17) is 18.6 Å². The highest BCUT2D eigenvalue weighted by Crippen LogP contribution is 2.57. The van der Waals surface area contributed by atoms with Crippen molar-refractivity contribution in [3.05, 3.63) is 324 Å². The Kier molecular flexibility index (Phi) is 16.6. The molecule has 14 aromatic rings. The summed E-state index contributed by atoms with van der Waals surface area (Å²) < 4.78 is 27.0. The Balaban J connectivity index is 0.000000130. The van der Waals surface area contributed by atoms with Gasteiger partial charge in [-0.05, 0) is 244 Å². The van der Waals surface area contributed by atoms with Crippen molar-refractivity contribution in [1.82, 2.24) is 49.8 Å². The van der Waals surface area contributed by atoms with Crippen molar-refractivity contribution in [2.75, 3.05) is 0 Å². The van der Waals surface area contributed by atoms with Crippen LogP contribution >= 0.6 is 15.9 Å². The van der Waals surface area contributed by atoms with E-state index in [1.807, 2.05) is 92.0 Å². The molecule has 2 aliphatic heterocycles. The van der Waals surface area contributed by atoms with Gasteiger partial charge in [-0.3, -0.25) is 19.9 Å². The highest BCUT2D eigenvalue weighted by Gasteiger charge is 2.53. The molecule has 0 unspecified atom stereocenters. The summed E-state index contributed by atoms with van der Waals surface area (Å²) in [6, 6.07) is 65.9. The average Bonchev–Trinajstić information content (AvgIpc) is 1.56. The first-order valence-electron chi connectivity index (χ1n) is 35.8. The zero-order valence-corrected chi connectivity index (χ0v) is 61.7. The predicted octanol–water partition coefficient (Wildman–Crippen LogP) is 18.6. The van der Waals surface area contributed by atoms with E-state index >= 15 is 0 Å². The molecule has 0 spiro atoms. The second kappa shape index (κ2) is 26.4. The highest BCUT2D eigenvalue weighted by atomic mass is 79.9. The molecule has 20 rings (SSSR count). The standard InChI is InChI=1S/C44H26N6.C36H36B2N2O4.C10H7BrN2/c1-17-47-43(48-18-1)29-7-3-27(4-8-29)31-11-13-33-37(23-31)38-24-32(28-5-9-30(10-6-28)44-49-19-2-20-50-44)12-14-34(38)41(33)42-35-15-21-45-25-39(35)40-26-46-22-16-36(40)42;1-33(2)34(3,4)42-37(41-33)21-9-11-23-27(17-21)28-18-22(38-43-35(5,6)36(7,8)44-38)10-12-24(28)31(23)32-25-13-15-39-19-29(25)30-20-40-16-14-26(30)32;11-9-4-2-8(3-5-9)10-12-6-1-7-13-10/h1-26H;9-20H,1-8H3;1-7H. The molecule has 107 heavy (non-hydrogen) atoms. The number of hydrogen-bond acceptors (Lipinski definition) is 14. The van der Waals surface area contributed by atoms with Crippen LogP contribution in [0, 0.1) is 0 Å². The van der Waals surface area contributed by atoms with Gasteiger partial charge in [-0.1, -0.05) is 137 Å². The summed E-state index contributed by atoms with van der Waals surface area (Å²) in [6.45, 7) is 16.7. The molecule has 14 nitrogen and oxygen atoms in total. The zero-order chi connectivity index (χ0) is 72.9. The molecule has 0 bridgehead atoms. The fourth-order valence-electron chi connectivity index (χ4n) is 15.1. The van der Waals surface area contributed by atoms with Crippen molar-refractivity contribution in [2.45, 2.75) is 77.8 Å². The number of rotatable bonds is 7. The quantitative estimate of drug-likeness (QED) is 0.138. The zero-order valence-electron chi connectivity index (χ0n) is 60.1. The molecule has 7 aromatic carbocycles. The van der Waals surface area contributed by atoms with Gasteiger partial charge in [0.2, 0.25) is 0 Å². The monoisotopic (exact) mass is 1450 g/mol. The molecule has 0 atom stereocenters. The Bertz CT molecular complexity index is 5570. The van der Waals surface area contributed by atoms with Gasteiger partial charge in [0, 0.05) is 130 Å². The van der Waals surface area contributed by atoms with Gasteiger partial charge in [0.05, 0.1) is 22.4 Å². The van der Waals surface area contributed by atoms with Gasteiger partial charge in [-0.25, -0.2) is 29.9 Å². The topological polar surface area (TPSA) is 166 Å². The van der Waals surface area contributed by atoms with Crippen molar-refractivity contribution in [1.29, 1.82) is 0 Å². The Morgan fingerprint density at radius 1 is 0.243 bits per heavy atom. The molecule has 2 fully saturated rings. The van der Waals surface area contributed by atoms with Crippen molar-refractivity contribution in [3.63, 3.8) is 0 Å². The fraction of sp³-hybridized carbons (Fsp3) is 0.133. The summed E-state index contributed by atoms with van der Waals surface area (Å²) in [5.41, 5.74) is 31.4. The molecular formula is C90H69B2BrN10O4. The van der Waals surface area contributed by atoms with Crippen LogP contribution in [0.3, 0.4) is 0 Å². The Hall–Kier alpha value is -11.7. The number of aromatic nitrogens is 10. The molecule has 0 amide bonds. The highest BCUT2D eigenvalue weighted by molar-refractivity contribution is 9.10. The lowest BCUT2D eigenvalue weighted by atomic mass is 9.76. The number of nitrogens with zero attached hydrogens (tertiary/aromatic N) is 10. The van der Waals surface area contributed by atoms with E-state index in [1.165, 1.54) is 77.9 Å². The van der Waals surface area contributed by atoms with Crippen LogP contribution in [0.5, 0.6) is 0 Å². The number of fused-ring (bicyclic) bond motifs is 12. The largest absolute Gasteiger partial charge is 0.494 e. The van der Waals surface area contributed by atoms with Gasteiger partial charge in [0.1, 0.15) is 0 Å². The lowest BCUT2D eigenvalue weighted by Crippen LogP contribution is -2.41. The minimum Gasteiger partial charge on any atom is -0.399 e. The number of pyridine rings is 4. The van der Waals surface area contributed by atoms with Gasteiger partial charge in [0.25, 0.3) is 0 Å². The van der Waals surface area contributed by atoms with Crippen LogP contribution in [0.2, 0.25) is 0 Å². The van der Waals surface area contributed by atoms with Crippen LogP contribution in [-0.2, 0) is 18.6 Å². The molecule has 7 aromatic heterocycles. The molecule has 17 heteroatoms. The second-order valence-electron chi connectivity index (χ2n) is 29.4. The first-order chi connectivity index (χ1) is 51.9. The molecule has 0 radical (unpaired) electrons. The summed E-state index contributed by atoms with van der Waals surface area (Å²) in [5, 5.41) is 0. The van der Waals surface area contributed by atoms with Crippen molar-refractivity contribution in [2.24, 2.45) is 0 Å². The molecule has 6 aliphatic rings. The Morgan fingerprint density at radius 2 is 0.486 bits per heavy atom. The third-order valence-corrected chi connectivity index (χ3v) is 22.6. The summed E-state index contributed by atoms with van der Waals surface area (Å²) in [6.07, 6.45) is 25.9. The van der Waals surface area contributed by atoms with E-state index in [1.54, 1.807) is 37.2 Å². The van der Waals surface area contributed by atoms with E-state index in [-0.39, 0.29) is 0 Å². The summed E-state index contributed by atoms with van der Waals surface area (Å²) in [5.74, 6) is 2.20. The van der Waals surface area contributed by atoms with Gasteiger partial charge in [0.15, 0.2) is 17.5 Å². The maximum Gasteiger partial charge on any atom is 0.494 e. The maximum atomic E-state index is 6.48. The first kappa shape index (κ1) is 67.2. The van der Waals surface area contributed by atoms with Crippen molar-refractivity contribution >= 4 is 63.4 Å². The fourth-order valence-corrected chi connectivity index (χ4v) is 15.4. The minimum atomic E-state index is -0.457. The van der Waals surface area contributed by atoms with Crippen LogP contribution in [0.1, 0.15) is 99.9 Å². The SMILES string of the molecule is Brc1ccc(-c2ncccn2)cc1.CC1(C)OB(c2ccc3c(c2)-c2cc(B4OC(C)(C)C(C)(C)O4)ccc2C3=C2c3ccncc3-c3cnccc32)OC1(C)C.c1cnc(-c2ccc(-c3ccc4c(c3)-c3cc(-c5ccc(-c6ncccn6)cc5)ccc3C4=C3c4ccncc4-c4cnccc43)cc2)nc1. The third-order valence-electron chi connectivity index (χ3n) is 22.0. The number of benzene rings is 7. The molecule has 516 valence electrons. The van der Waals surface area contributed by atoms with E-state index < -0.39 is 36.6 Å². The molecule has 2 saturated heterocycles. The number of hydrogen-bond donors (Lipinski definition) is 0. The minimum absolute atomic E-state index is 0.426. The van der Waals surface area contributed by atoms with Gasteiger partial charge < -0.3 is 18.6 Å². The molecule has 0 saturated carbocycles. The van der Waals surface area contributed by atoms with Crippen LogP contribution in [-0.4, -0.2) is 86.5 Å². The lowest BCUT2D eigenvalue weighted by Gasteiger charge is -2.32. The summed E-state index contributed by atoms with van der Waals surface area (Å²) in [7, 11) is -0.913. The molecule has 4 aliphatic carbocycles. The average molecular weight is 1460 g/mol. The smallest absolute Gasteiger partial charge is 0.399 e. The van der Waals surface area contributed by atoms with Crippen LogP contribution < -0.4 is 10.9 Å². The summed E-state index contributed by atoms with van der Waals surface area (Å²) >= 11 is 3.38. The van der Waals surface area contributed by atoms with Gasteiger partial charge in [-0.2, -0.15) is 0 Å². The maximum absolute atomic E-state index is 6.48. The third kappa shape index (κ3) is 11.9. The Labute approximate surface area is 630 Å². The van der Waals surface area contributed by atoms with E-state index in [2.05, 4.69) is 267 Å². The summed E-state index contributed by atoms with van der Waals surface area (Å²) in [4.78, 5) is 43.9. The van der Waals surface area contributed by atoms with Crippen LogP contribution in [0.25, 0.3) is 123 Å². The second-order valence-corrected chi connectivity index (χ2v) is 30.3. The predicted molar refractivity (Wildman–Crippen MR) is 428 cm³/mol. The van der Waals surface area contributed by atoms with Gasteiger partial charge >= 0.3 is 14.2 Å². The van der Waals surface area contributed by atoms with Gasteiger partial charge in [-0.15, -0.1) is 0 Å². The number of halogens is 1. The molecule has 9 heterocycles. The van der Waals surface area contributed by atoms with Crippen molar-refractivity contribution in [3.8, 4) is 101 Å². The molecule has 0 N–H and O–H groups in total. The lowest BCUT2D eigenvalue weighted by molar-refractivity contribution is 0.00578. The Morgan fingerprint density at radius 3 is 0.785 bits per heavy atom. The van der Waals surface area contributed by atoms with Crippen LogP contribution in [0.15, 0.2) is 279 Å². The van der Waals surface area contributed by atoms with E-state index in [9.17, 15) is 0 Å². The van der Waals surface area contributed by atoms with Crippen LogP contribution in [0.4, 0.5) is 0 Å². The van der Waals surface area contributed by atoms with E-state index in [0.717, 1.165) is 105 Å². The first-order valence-corrected chi connectivity index (χ1v) is 36.6. The molecular weight excluding hydrogens is 1390 g/mol. The van der Waals surface area contributed by atoms with Crippen molar-refractivity contribution < 1.29 is 18.6 Å². The van der Waals surface area contributed by atoms with E-state index in [0.29, 0.717) is 0 Å².